The zero-order valence-electron chi connectivity index (χ0n) is 14.4. The van der Waals surface area contributed by atoms with Gasteiger partial charge in [0.05, 0.1) is 0 Å². The first-order valence-electron chi connectivity index (χ1n) is 8.87. The minimum absolute atomic E-state index is 0.166. The van der Waals surface area contributed by atoms with E-state index in [0.29, 0.717) is 23.4 Å². The van der Waals surface area contributed by atoms with Crippen LogP contribution in [0.4, 0.5) is 0 Å². The summed E-state index contributed by atoms with van der Waals surface area (Å²) in [4.78, 5) is 11.2. The molecule has 2 aliphatic carbocycles. The molecular weight excluding hydrogens is 272 g/mol. The van der Waals surface area contributed by atoms with Gasteiger partial charge >= 0.3 is 5.97 Å². The highest BCUT2D eigenvalue weighted by Gasteiger charge is 2.52. The molecule has 0 bridgehead atoms. The molecule has 1 heterocycles. The molecular formula is C20H30O2. The van der Waals surface area contributed by atoms with Crippen LogP contribution in [0.2, 0.25) is 0 Å². The Labute approximate surface area is 135 Å². The second kappa shape index (κ2) is 5.54. The number of esters is 1. The summed E-state index contributed by atoms with van der Waals surface area (Å²) in [5, 5.41) is 0. The topological polar surface area (TPSA) is 26.3 Å². The van der Waals surface area contributed by atoms with E-state index in [2.05, 4.69) is 27.4 Å². The lowest BCUT2D eigenvalue weighted by atomic mass is 9.47. The van der Waals surface area contributed by atoms with Gasteiger partial charge in [0.1, 0.15) is 6.61 Å². The van der Waals surface area contributed by atoms with Gasteiger partial charge in [0.25, 0.3) is 0 Å². The van der Waals surface area contributed by atoms with Crippen LogP contribution in [0, 0.1) is 22.7 Å². The van der Waals surface area contributed by atoms with Gasteiger partial charge in [-0.25, -0.2) is 4.79 Å². The van der Waals surface area contributed by atoms with E-state index in [0.717, 1.165) is 18.8 Å². The number of carbonyl (C=O) groups is 1. The normalized spacial score (nSPS) is 37.5. The molecule has 3 atom stereocenters. The summed E-state index contributed by atoms with van der Waals surface area (Å²) in [5.74, 6) is 1.24. The van der Waals surface area contributed by atoms with Crippen LogP contribution in [0.15, 0.2) is 23.8 Å². The fourth-order valence-electron chi connectivity index (χ4n) is 5.70. The quantitative estimate of drug-likeness (QED) is 0.539. The van der Waals surface area contributed by atoms with Crippen molar-refractivity contribution in [3.05, 3.63) is 23.8 Å². The lowest BCUT2D eigenvalue weighted by Crippen LogP contribution is -2.49. The Hall–Kier alpha value is -1.05. The molecule has 0 aromatic rings. The number of ether oxygens (including phenoxy) is 1. The third-order valence-electron chi connectivity index (χ3n) is 6.79. The summed E-state index contributed by atoms with van der Waals surface area (Å²) in [6.07, 6.45) is 10.3. The van der Waals surface area contributed by atoms with Gasteiger partial charge in [-0.3, -0.25) is 0 Å². The van der Waals surface area contributed by atoms with Gasteiger partial charge in [-0.15, -0.1) is 0 Å². The lowest BCUT2D eigenvalue weighted by Gasteiger charge is -2.58. The van der Waals surface area contributed by atoms with Crippen LogP contribution >= 0.6 is 0 Å². The van der Waals surface area contributed by atoms with E-state index in [-0.39, 0.29) is 5.97 Å². The molecule has 0 unspecified atom stereocenters. The van der Waals surface area contributed by atoms with Gasteiger partial charge in [0, 0.05) is 6.08 Å². The summed E-state index contributed by atoms with van der Waals surface area (Å²) >= 11 is 0. The minimum Gasteiger partial charge on any atom is -0.458 e. The van der Waals surface area contributed by atoms with Gasteiger partial charge in [-0.1, -0.05) is 39.3 Å². The number of carbonyl (C=O) groups excluding carboxylic acids is 1. The molecule has 1 aliphatic heterocycles. The number of rotatable bonds is 3. The van der Waals surface area contributed by atoms with Crippen molar-refractivity contribution in [2.24, 2.45) is 22.7 Å². The van der Waals surface area contributed by atoms with E-state index in [1.165, 1.54) is 43.3 Å². The molecule has 2 fully saturated rings. The third-order valence-corrected chi connectivity index (χ3v) is 6.79. The molecule has 0 saturated heterocycles. The molecule has 22 heavy (non-hydrogen) atoms. The Bertz CT molecular complexity index is 514. The predicted octanol–water partition coefficient (Wildman–Crippen LogP) is 5.05. The molecule has 2 nitrogen and oxygen atoms in total. The monoisotopic (exact) mass is 302 g/mol. The average molecular weight is 302 g/mol. The average Bonchev–Trinajstić information content (AvgIpc) is 2.82. The van der Waals surface area contributed by atoms with Crippen molar-refractivity contribution in [3.8, 4) is 0 Å². The van der Waals surface area contributed by atoms with Gasteiger partial charge in [0.2, 0.25) is 0 Å². The summed E-state index contributed by atoms with van der Waals surface area (Å²) in [5.41, 5.74) is 3.46. The lowest BCUT2D eigenvalue weighted by molar-refractivity contribution is -0.134. The first-order chi connectivity index (χ1) is 10.3. The molecule has 3 rings (SSSR count). The Balaban J connectivity index is 1.77. The van der Waals surface area contributed by atoms with E-state index < -0.39 is 0 Å². The van der Waals surface area contributed by atoms with Crippen molar-refractivity contribution in [2.75, 3.05) is 6.61 Å². The molecule has 0 aromatic heterocycles. The fourth-order valence-corrected chi connectivity index (χ4v) is 5.70. The summed E-state index contributed by atoms with van der Waals surface area (Å²) in [6.45, 7) is 12.4. The number of fused-ring (bicyclic) bond motifs is 1. The maximum absolute atomic E-state index is 11.2. The number of cyclic esters (lactones) is 1. The van der Waals surface area contributed by atoms with Crippen molar-refractivity contribution in [1.29, 1.82) is 0 Å². The molecule has 0 amide bonds. The zero-order valence-corrected chi connectivity index (χ0v) is 14.4. The van der Waals surface area contributed by atoms with E-state index in [1.807, 2.05) is 0 Å². The van der Waals surface area contributed by atoms with Crippen LogP contribution < -0.4 is 0 Å². The second-order valence-corrected chi connectivity index (χ2v) is 8.60. The highest BCUT2D eigenvalue weighted by molar-refractivity contribution is 5.85. The molecule has 0 N–H and O–H groups in total. The summed E-state index contributed by atoms with van der Waals surface area (Å²) in [7, 11) is 0. The highest BCUT2D eigenvalue weighted by atomic mass is 16.5. The van der Waals surface area contributed by atoms with Gasteiger partial charge in [0.15, 0.2) is 0 Å². The van der Waals surface area contributed by atoms with Crippen LogP contribution in [0.25, 0.3) is 0 Å². The van der Waals surface area contributed by atoms with Crippen LogP contribution in [0.5, 0.6) is 0 Å². The van der Waals surface area contributed by atoms with Crippen molar-refractivity contribution >= 4 is 5.97 Å². The van der Waals surface area contributed by atoms with E-state index in [1.54, 1.807) is 6.08 Å². The molecule has 2 heteroatoms. The Morgan fingerprint density at radius 2 is 2.09 bits per heavy atom. The van der Waals surface area contributed by atoms with Crippen LogP contribution in [0.1, 0.15) is 65.7 Å². The predicted molar refractivity (Wildman–Crippen MR) is 89.4 cm³/mol. The third kappa shape index (κ3) is 2.66. The van der Waals surface area contributed by atoms with E-state index in [9.17, 15) is 4.79 Å². The van der Waals surface area contributed by atoms with Crippen molar-refractivity contribution in [2.45, 2.75) is 65.7 Å². The molecule has 2 saturated carbocycles. The number of hydrogen-bond donors (Lipinski definition) is 0. The zero-order chi connectivity index (χ0) is 16.0. The van der Waals surface area contributed by atoms with Crippen molar-refractivity contribution in [3.63, 3.8) is 0 Å². The number of hydrogen-bond acceptors (Lipinski definition) is 2. The van der Waals surface area contributed by atoms with Gasteiger partial charge in [-0.05, 0) is 66.8 Å². The minimum atomic E-state index is -0.166. The van der Waals surface area contributed by atoms with E-state index in [4.69, 9.17) is 4.74 Å². The maximum atomic E-state index is 11.2. The second-order valence-electron chi connectivity index (χ2n) is 8.60. The van der Waals surface area contributed by atoms with Crippen LogP contribution in [0.3, 0.4) is 0 Å². The fraction of sp³-hybridized carbons (Fsp3) is 0.750. The Morgan fingerprint density at radius 1 is 1.32 bits per heavy atom. The first-order valence-corrected chi connectivity index (χ1v) is 8.87. The molecule has 0 spiro atoms. The molecule has 122 valence electrons. The molecule has 0 aromatic carbocycles. The first kappa shape index (κ1) is 15.8. The largest absolute Gasteiger partial charge is 0.458 e. The van der Waals surface area contributed by atoms with Crippen molar-refractivity contribution in [1.82, 2.24) is 0 Å². The maximum Gasteiger partial charge on any atom is 0.331 e. The molecule has 0 radical (unpaired) electrons. The Kier molecular flexibility index (Phi) is 3.99. The van der Waals surface area contributed by atoms with Crippen LogP contribution in [-0.2, 0) is 9.53 Å². The smallest absolute Gasteiger partial charge is 0.331 e. The standard InChI is InChI=1S/C20H30O2/c1-14-6-9-17-19(2,3)10-5-11-20(17,4)16(14)8-7-15-12-18(21)22-13-15/h12,16-17H,1,5-11,13H2,2-4H3/t16-,17-,20+/m1/s1. The molecule has 3 aliphatic rings. The van der Waals surface area contributed by atoms with Crippen molar-refractivity contribution < 1.29 is 9.53 Å². The SMILES string of the molecule is C=C1CC[C@@H]2C(C)(C)CCC[C@@]2(C)[C@@H]1CCC1=CC(=O)OC1. The van der Waals surface area contributed by atoms with Crippen LogP contribution in [-0.4, -0.2) is 12.6 Å². The number of allylic oxidation sites excluding steroid dienone is 1. The summed E-state index contributed by atoms with van der Waals surface area (Å²) < 4.78 is 5.04. The van der Waals surface area contributed by atoms with E-state index >= 15 is 0 Å². The van der Waals surface area contributed by atoms with Gasteiger partial charge < -0.3 is 4.74 Å². The summed E-state index contributed by atoms with van der Waals surface area (Å²) in [6, 6.07) is 0. The van der Waals surface area contributed by atoms with Gasteiger partial charge in [-0.2, -0.15) is 0 Å². The Morgan fingerprint density at radius 3 is 2.77 bits per heavy atom. The highest BCUT2D eigenvalue weighted by Crippen LogP contribution is 2.61.